The van der Waals surface area contributed by atoms with Crippen LogP contribution in [0, 0.1) is 0 Å². The smallest absolute Gasteiger partial charge is 0.138 e. The number of aromatic nitrogens is 4. The van der Waals surface area contributed by atoms with Crippen LogP contribution >= 0.6 is 0 Å². The number of nitrogens with one attached hydrogen (secondary N) is 4. The van der Waals surface area contributed by atoms with E-state index < -0.39 is 0 Å². The average Bonchev–Trinajstić information content (AvgIpc) is 3.48. The van der Waals surface area contributed by atoms with E-state index in [1.54, 1.807) is 7.11 Å². The average molecular weight is 425 g/mol. The summed E-state index contributed by atoms with van der Waals surface area (Å²) in [5.74, 6) is 2.51. The number of benzene rings is 3. The van der Waals surface area contributed by atoms with E-state index in [0.29, 0.717) is 0 Å². The Morgan fingerprint density at radius 2 is 1.38 bits per heavy atom. The molecule has 1 saturated heterocycles. The van der Waals surface area contributed by atoms with E-state index in [2.05, 4.69) is 50.9 Å². The van der Waals surface area contributed by atoms with Crippen molar-refractivity contribution in [1.29, 1.82) is 0 Å². The van der Waals surface area contributed by atoms with Crippen LogP contribution in [0.25, 0.3) is 44.8 Å². The second kappa shape index (κ2) is 7.78. The van der Waals surface area contributed by atoms with Crippen molar-refractivity contribution in [3.63, 3.8) is 0 Å². The topological polar surface area (TPSA) is 90.7 Å². The first-order chi connectivity index (χ1) is 15.8. The molecule has 6 rings (SSSR count). The molecule has 7 nitrogen and oxygen atoms in total. The van der Waals surface area contributed by atoms with E-state index in [4.69, 9.17) is 14.7 Å². The van der Waals surface area contributed by atoms with Crippen molar-refractivity contribution >= 4 is 22.1 Å². The molecular weight excluding hydrogens is 400 g/mol. The van der Waals surface area contributed by atoms with Crippen molar-refractivity contribution in [2.75, 3.05) is 20.2 Å². The molecule has 0 bridgehead atoms. The Bertz CT molecular complexity index is 1400. The van der Waals surface area contributed by atoms with Gasteiger partial charge in [0.15, 0.2) is 0 Å². The lowest BCUT2D eigenvalue weighted by Gasteiger charge is -2.25. The zero-order chi connectivity index (χ0) is 21.5. The highest BCUT2D eigenvalue weighted by molar-refractivity contribution is 5.86. The number of H-pyrrole nitrogens is 2. The zero-order valence-electron chi connectivity index (χ0n) is 17.8. The Morgan fingerprint density at radius 3 is 2.09 bits per heavy atom. The van der Waals surface area contributed by atoms with Crippen LogP contribution < -0.4 is 15.4 Å². The molecule has 0 aliphatic carbocycles. The second-order valence-electron chi connectivity index (χ2n) is 8.10. The highest BCUT2D eigenvalue weighted by Gasteiger charge is 2.15. The van der Waals surface area contributed by atoms with Gasteiger partial charge in [0.25, 0.3) is 0 Å². The molecule has 2 aromatic heterocycles. The Balaban J connectivity index is 1.33. The quantitative estimate of drug-likeness (QED) is 0.344. The third kappa shape index (κ3) is 3.41. The number of imidazole rings is 2. The number of methoxy groups -OCH3 is 1. The summed E-state index contributed by atoms with van der Waals surface area (Å²) in [6, 6.07) is 20.5. The Kier molecular flexibility index (Phi) is 4.63. The van der Waals surface area contributed by atoms with Crippen molar-refractivity contribution in [3.05, 3.63) is 66.2 Å². The molecule has 0 unspecified atom stereocenters. The fourth-order valence-electron chi connectivity index (χ4n) is 4.28. The highest BCUT2D eigenvalue weighted by Crippen LogP contribution is 2.28. The van der Waals surface area contributed by atoms with Crippen LogP contribution in [0.2, 0.25) is 0 Å². The molecule has 1 aliphatic rings. The molecular formula is C25H24N6O. The maximum atomic E-state index is 5.25. The second-order valence-corrected chi connectivity index (χ2v) is 8.10. The fraction of sp³-hybridized carbons (Fsp3) is 0.200. The van der Waals surface area contributed by atoms with Gasteiger partial charge >= 0.3 is 0 Å². The molecule has 1 aliphatic heterocycles. The maximum absolute atomic E-state index is 5.25. The van der Waals surface area contributed by atoms with Crippen LogP contribution in [0.15, 0.2) is 60.7 Å². The number of ether oxygens (including phenoxy) is 1. The number of rotatable bonds is 4. The standard InChI is InChI=1S/C25H24N6O/c1-32-18-7-3-15(4-8-18)24-28-19-10-6-17(14-22(19)30-24)25-29-20-9-5-16(13-21(20)31-25)23-26-11-2-12-27-23/h3-10,13-14,23,26-27H,2,11-12H2,1H3,(H,28,30)(H,29,31). The Hall–Kier alpha value is -3.68. The van der Waals surface area contributed by atoms with E-state index in [9.17, 15) is 0 Å². The fourth-order valence-corrected chi connectivity index (χ4v) is 4.28. The molecule has 0 saturated carbocycles. The molecule has 0 amide bonds. The van der Waals surface area contributed by atoms with Gasteiger partial charge in [0.1, 0.15) is 17.4 Å². The van der Waals surface area contributed by atoms with Gasteiger partial charge < -0.3 is 14.7 Å². The molecule has 0 atom stereocenters. The number of aromatic amines is 2. The van der Waals surface area contributed by atoms with Gasteiger partial charge in [0, 0.05) is 11.1 Å². The first-order valence-corrected chi connectivity index (χ1v) is 10.9. The molecule has 160 valence electrons. The highest BCUT2D eigenvalue weighted by atomic mass is 16.5. The van der Waals surface area contributed by atoms with Gasteiger partial charge in [-0.05, 0) is 79.7 Å². The predicted molar refractivity (Wildman–Crippen MR) is 127 cm³/mol. The molecule has 32 heavy (non-hydrogen) atoms. The van der Waals surface area contributed by atoms with Crippen molar-refractivity contribution in [1.82, 2.24) is 30.6 Å². The number of fused-ring (bicyclic) bond motifs is 2. The van der Waals surface area contributed by atoms with Crippen molar-refractivity contribution in [3.8, 4) is 28.5 Å². The van der Waals surface area contributed by atoms with Gasteiger partial charge in [0.05, 0.1) is 35.3 Å². The molecule has 4 N–H and O–H groups in total. The lowest BCUT2D eigenvalue weighted by molar-refractivity contribution is 0.380. The summed E-state index contributed by atoms with van der Waals surface area (Å²) in [6.07, 6.45) is 1.35. The summed E-state index contributed by atoms with van der Waals surface area (Å²) in [5.41, 5.74) is 7.16. The van der Waals surface area contributed by atoms with Crippen LogP contribution in [0.5, 0.6) is 5.75 Å². The molecule has 1 fully saturated rings. The maximum Gasteiger partial charge on any atom is 0.138 e. The monoisotopic (exact) mass is 424 g/mol. The van der Waals surface area contributed by atoms with E-state index >= 15 is 0 Å². The normalized spacial score (nSPS) is 14.9. The van der Waals surface area contributed by atoms with Gasteiger partial charge in [-0.3, -0.25) is 10.6 Å². The van der Waals surface area contributed by atoms with Gasteiger partial charge in [-0.15, -0.1) is 0 Å². The summed E-state index contributed by atoms with van der Waals surface area (Å²) >= 11 is 0. The van der Waals surface area contributed by atoms with E-state index in [0.717, 1.165) is 70.1 Å². The van der Waals surface area contributed by atoms with Crippen LogP contribution in [-0.4, -0.2) is 40.1 Å². The summed E-state index contributed by atoms with van der Waals surface area (Å²) in [6.45, 7) is 2.07. The molecule has 7 heteroatoms. The molecule has 5 aromatic rings. The largest absolute Gasteiger partial charge is 0.497 e. The molecule has 3 heterocycles. The van der Waals surface area contributed by atoms with Crippen LogP contribution in [0.4, 0.5) is 0 Å². The summed E-state index contributed by atoms with van der Waals surface area (Å²) < 4.78 is 5.25. The third-order valence-corrected chi connectivity index (χ3v) is 6.01. The molecule has 3 aromatic carbocycles. The van der Waals surface area contributed by atoms with Crippen LogP contribution in [0.1, 0.15) is 18.2 Å². The minimum Gasteiger partial charge on any atom is -0.497 e. The van der Waals surface area contributed by atoms with Crippen LogP contribution in [-0.2, 0) is 0 Å². The minimum atomic E-state index is 0.192. The molecule has 0 spiro atoms. The zero-order valence-corrected chi connectivity index (χ0v) is 17.8. The number of hydrogen-bond acceptors (Lipinski definition) is 5. The Morgan fingerprint density at radius 1 is 0.750 bits per heavy atom. The lowest BCUT2D eigenvalue weighted by atomic mass is 10.1. The summed E-state index contributed by atoms with van der Waals surface area (Å²) in [7, 11) is 1.67. The van der Waals surface area contributed by atoms with Crippen molar-refractivity contribution < 1.29 is 4.74 Å². The SMILES string of the molecule is COc1ccc(-c2nc3ccc(-c4nc5ccc(C6NCCCN6)cc5[nH]4)cc3[nH]2)cc1. The first-order valence-electron chi connectivity index (χ1n) is 10.9. The number of hydrogen-bond donors (Lipinski definition) is 4. The summed E-state index contributed by atoms with van der Waals surface area (Å²) in [4.78, 5) is 16.5. The van der Waals surface area contributed by atoms with Crippen molar-refractivity contribution in [2.24, 2.45) is 0 Å². The van der Waals surface area contributed by atoms with Gasteiger partial charge in [-0.2, -0.15) is 0 Å². The lowest BCUT2D eigenvalue weighted by Crippen LogP contribution is -2.41. The molecule has 0 radical (unpaired) electrons. The van der Waals surface area contributed by atoms with Crippen molar-refractivity contribution in [2.45, 2.75) is 12.6 Å². The summed E-state index contributed by atoms with van der Waals surface area (Å²) in [5, 5.41) is 7.03. The van der Waals surface area contributed by atoms with E-state index in [1.165, 1.54) is 5.56 Å². The number of nitrogens with zero attached hydrogens (tertiary/aromatic N) is 2. The first kappa shape index (κ1) is 19.0. The minimum absolute atomic E-state index is 0.192. The van der Waals surface area contributed by atoms with Gasteiger partial charge in [0.2, 0.25) is 0 Å². The van der Waals surface area contributed by atoms with Crippen LogP contribution in [0.3, 0.4) is 0 Å². The Labute approximate surface area is 185 Å². The van der Waals surface area contributed by atoms with E-state index in [1.807, 2.05) is 30.3 Å². The van der Waals surface area contributed by atoms with Gasteiger partial charge in [-0.1, -0.05) is 6.07 Å². The third-order valence-electron chi connectivity index (χ3n) is 6.01. The van der Waals surface area contributed by atoms with Gasteiger partial charge in [-0.25, -0.2) is 9.97 Å². The predicted octanol–water partition coefficient (Wildman–Crippen LogP) is 4.36. The van der Waals surface area contributed by atoms with E-state index in [-0.39, 0.29) is 6.17 Å².